The number of ether oxygens (including phenoxy) is 1. The zero-order valence-corrected chi connectivity index (χ0v) is 15.6. The molecule has 27 heavy (non-hydrogen) atoms. The molecule has 1 heterocycles. The molecule has 1 aromatic heterocycles. The van der Waals surface area contributed by atoms with Crippen molar-refractivity contribution in [3.63, 3.8) is 0 Å². The molecule has 1 N–H and O–H groups in total. The Morgan fingerprint density at radius 2 is 1.93 bits per heavy atom. The Balaban J connectivity index is 1.78. The molecule has 0 amide bonds. The van der Waals surface area contributed by atoms with E-state index in [0.29, 0.717) is 0 Å². The zero-order chi connectivity index (χ0) is 19.4. The number of carbonyl (C=O) groups is 1. The second kappa shape index (κ2) is 7.68. The maximum absolute atomic E-state index is 12.6. The monoisotopic (exact) mass is 386 g/mol. The molecule has 2 aromatic carbocycles. The summed E-state index contributed by atoms with van der Waals surface area (Å²) in [6.45, 7) is 1.74. The first-order valence-electron chi connectivity index (χ1n) is 8.06. The van der Waals surface area contributed by atoms with Crippen LogP contribution >= 0.6 is 0 Å². The predicted molar refractivity (Wildman–Crippen MR) is 97.9 cm³/mol. The summed E-state index contributed by atoms with van der Waals surface area (Å²) in [5.41, 5.74) is 1.77. The van der Waals surface area contributed by atoms with Crippen LogP contribution in [0.5, 0.6) is 0 Å². The fraction of sp³-hybridized carbons (Fsp3) is 0.167. The summed E-state index contributed by atoms with van der Waals surface area (Å²) in [6.07, 6.45) is 3.02. The summed E-state index contributed by atoms with van der Waals surface area (Å²) in [6, 6.07) is 12.5. The first-order valence-corrected chi connectivity index (χ1v) is 9.55. The van der Waals surface area contributed by atoms with Gasteiger partial charge >= 0.3 is 5.97 Å². The van der Waals surface area contributed by atoms with Crippen molar-refractivity contribution in [2.75, 3.05) is 7.11 Å². The van der Waals surface area contributed by atoms with Gasteiger partial charge in [-0.1, -0.05) is 18.2 Å². The van der Waals surface area contributed by atoms with E-state index in [2.05, 4.69) is 19.5 Å². The van der Waals surface area contributed by atoms with Gasteiger partial charge in [-0.15, -0.1) is 0 Å². The van der Waals surface area contributed by atoms with E-state index in [1.807, 2.05) is 24.3 Å². The van der Waals surface area contributed by atoms with E-state index in [1.54, 1.807) is 17.9 Å². The number of carbonyl (C=O) groups excluding carboxylic acids is 1. The fourth-order valence-electron chi connectivity index (χ4n) is 2.53. The summed E-state index contributed by atoms with van der Waals surface area (Å²) in [5.74, 6) is -0.594. The van der Waals surface area contributed by atoms with Gasteiger partial charge in [0.15, 0.2) is 0 Å². The molecule has 9 heteroatoms. The summed E-state index contributed by atoms with van der Waals surface area (Å²) < 4.78 is 34.1. The van der Waals surface area contributed by atoms with Gasteiger partial charge in [0.2, 0.25) is 10.0 Å². The van der Waals surface area contributed by atoms with Crippen LogP contribution in [-0.4, -0.2) is 36.3 Å². The molecule has 1 unspecified atom stereocenters. The first kappa shape index (κ1) is 18.7. The quantitative estimate of drug-likeness (QED) is 0.651. The van der Waals surface area contributed by atoms with Crippen LogP contribution in [0.2, 0.25) is 0 Å². The smallest absolute Gasteiger partial charge is 0.337 e. The lowest BCUT2D eigenvalue weighted by atomic mass is 10.1. The number of methoxy groups -OCH3 is 1. The highest BCUT2D eigenvalue weighted by Gasteiger charge is 2.20. The minimum Gasteiger partial charge on any atom is -0.465 e. The second-order valence-corrected chi connectivity index (χ2v) is 7.51. The standard InChI is InChI=1S/C18H18N4O4S/c1-13(14-6-8-16(9-7-14)22-12-19-11-20-22)21-27(24,25)17-5-3-4-15(10-17)18(23)26-2/h3-13,21H,1-2H3. The van der Waals surface area contributed by atoms with E-state index in [1.165, 1.54) is 37.7 Å². The Labute approximate surface area is 156 Å². The molecule has 0 saturated heterocycles. The normalized spacial score (nSPS) is 12.5. The third-order valence-corrected chi connectivity index (χ3v) is 5.51. The van der Waals surface area contributed by atoms with Crippen LogP contribution in [0.25, 0.3) is 5.69 Å². The first-order chi connectivity index (χ1) is 12.9. The number of nitrogens with one attached hydrogen (secondary N) is 1. The third kappa shape index (κ3) is 4.21. The Morgan fingerprint density at radius 3 is 2.56 bits per heavy atom. The van der Waals surface area contributed by atoms with E-state index in [9.17, 15) is 13.2 Å². The third-order valence-electron chi connectivity index (χ3n) is 3.97. The van der Waals surface area contributed by atoms with Gasteiger partial charge in [-0.05, 0) is 42.8 Å². The summed E-state index contributed by atoms with van der Waals surface area (Å²) in [5, 5.41) is 4.05. The molecular weight excluding hydrogens is 368 g/mol. The van der Waals surface area contributed by atoms with E-state index in [-0.39, 0.29) is 10.5 Å². The molecule has 0 bridgehead atoms. The minimum atomic E-state index is -3.81. The van der Waals surface area contributed by atoms with Crippen molar-refractivity contribution in [3.8, 4) is 5.69 Å². The molecule has 0 radical (unpaired) electrons. The van der Waals surface area contributed by atoms with Gasteiger partial charge in [-0.2, -0.15) is 5.10 Å². The van der Waals surface area contributed by atoms with Crippen LogP contribution in [0.1, 0.15) is 28.9 Å². The van der Waals surface area contributed by atoms with E-state index in [0.717, 1.165) is 11.3 Å². The number of nitrogens with zero attached hydrogens (tertiary/aromatic N) is 3. The van der Waals surface area contributed by atoms with Gasteiger partial charge in [0.1, 0.15) is 12.7 Å². The van der Waals surface area contributed by atoms with Gasteiger partial charge in [0.25, 0.3) is 0 Å². The van der Waals surface area contributed by atoms with E-state index in [4.69, 9.17) is 0 Å². The lowest BCUT2D eigenvalue weighted by molar-refractivity contribution is 0.0600. The maximum atomic E-state index is 12.6. The number of benzene rings is 2. The van der Waals surface area contributed by atoms with Gasteiger partial charge in [-0.3, -0.25) is 0 Å². The highest BCUT2D eigenvalue weighted by Crippen LogP contribution is 2.19. The number of hydrogen-bond donors (Lipinski definition) is 1. The average molecular weight is 386 g/mol. The van der Waals surface area contributed by atoms with Crippen molar-refractivity contribution in [1.82, 2.24) is 19.5 Å². The number of sulfonamides is 1. The van der Waals surface area contributed by atoms with E-state index < -0.39 is 22.0 Å². The van der Waals surface area contributed by atoms with Crippen molar-refractivity contribution in [3.05, 3.63) is 72.3 Å². The lowest BCUT2D eigenvalue weighted by Crippen LogP contribution is -2.27. The van der Waals surface area contributed by atoms with Crippen molar-refractivity contribution >= 4 is 16.0 Å². The van der Waals surface area contributed by atoms with Crippen molar-refractivity contribution in [2.24, 2.45) is 0 Å². The molecule has 140 valence electrons. The molecule has 0 spiro atoms. The van der Waals surface area contributed by atoms with Crippen LogP contribution in [0.4, 0.5) is 0 Å². The van der Waals surface area contributed by atoms with Gasteiger partial charge in [-0.25, -0.2) is 27.6 Å². The largest absolute Gasteiger partial charge is 0.465 e. The highest BCUT2D eigenvalue weighted by molar-refractivity contribution is 7.89. The summed E-state index contributed by atoms with van der Waals surface area (Å²) in [7, 11) is -2.57. The maximum Gasteiger partial charge on any atom is 0.337 e. The molecule has 3 aromatic rings. The van der Waals surface area contributed by atoms with Gasteiger partial charge < -0.3 is 4.74 Å². The number of aromatic nitrogens is 3. The summed E-state index contributed by atoms with van der Waals surface area (Å²) in [4.78, 5) is 15.5. The van der Waals surface area contributed by atoms with Crippen molar-refractivity contribution in [2.45, 2.75) is 17.9 Å². The molecule has 0 aliphatic rings. The number of hydrogen-bond acceptors (Lipinski definition) is 6. The van der Waals surface area contributed by atoms with Crippen LogP contribution < -0.4 is 4.72 Å². The number of rotatable bonds is 6. The SMILES string of the molecule is COC(=O)c1cccc(S(=O)(=O)NC(C)c2ccc(-n3cncn3)cc2)c1. The lowest BCUT2D eigenvalue weighted by Gasteiger charge is -2.15. The fourth-order valence-corrected chi connectivity index (χ4v) is 3.81. The topological polar surface area (TPSA) is 103 Å². The predicted octanol–water partition coefficient (Wildman–Crippen LogP) is 2.09. The number of esters is 1. The molecular formula is C18H18N4O4S. The molecule has 0 aliphatic heterocycles. The molecule has 0 saturated carbocycles. The molecule has 1 atom stereocenters. The average Bonchev–Trinajstić information content (AvgIpc) is 3.22. The van der Waals surface area contributed by atoms with Gasteiger partial charge in [0.05, 0.1) is 23.3 Å². The van der Waals surface area contributed by atoms with E-state index >= 15 is 0 Å². The zero-order valence-electron chi connectivity index (χ0n) is 14.7. The van der Waals surface area contributed by atoms with Crippen molar-refractivity contribution in [1.29, 1.82) is 0 Å². The van der Waals surface area contributed by atoms with Gasteiger partial charge in [0, 0.05) is 6.04 Å². The molecule has 3 rings (SSSR count). The van der Waals surface area contributed by atoms with Crippen LogP contribution in [0.15, 0.2) is 66.1 Å². The van der Waals surface area contributed by atoms with Crippen LogP contribution in [-0.2, 0) is 14.8 Å². The van der Waals surface area contributed by atoms with Crippen LogP contribution in [0.3, 0.4) is 0 Å². The van der Waals surface area contributed by atoms with Crippen molar-refractivity contribution < 1.29 is 17.9 Å². The molecule has 0 fully saturated rings. The Morgan fingerprint density at radius 1 is 1.19 bits per heavy atom. The molecule has 0 aliphatic carbocycles. The van der Waals surface area contributed by atoms with Crippen LogP contribution in [0, 0.1) is 0 Å². The highest BCUT2D eigenvalue weighted by atomic mass is 32.2. The minimum absolute atomic E-state index is 0.00325. The Bertz CT molecular complexity index is 1030. The summed E-state index contributed by atoms with van der Waals surface area (Å²) >= 11 is 0. The molecule has 8 nitrogen and oxygen atoms in total. The Kier molecular flexibility index (Phi) is 5.33. The second-order valence-electron chi connectivity index (χ2n) is 5.79. The Hall–Kier alpha value is -3.04.